The van der Waals surface area contributed by atoms with Crippen LogP contribution in [-0.4, -0.2) is 33.2 Å². The normalized spacial score (nSPS) is 12.2. The number of esters is 2. The molecule has 0 aromatic rings. The van der Waals surface area contributed by atoms with Gasteiger partial charge in [-0.3, -0.25) is 4.79 Å². The van der Waals surface area contributed by atoms with E-state index in [9.17, 15) is 9.59 Å². The Morgan fingerprint density at radius 1 is 1.05 bits per heavy atom. The summed E-state index contributed by atoms with van der Waals surface area (Å²) < 4.78 is 10.1. The molecule has 0 unspecified atom stereocenters. The molecule has 0 aliphatic carbocycles. The fourth-order valence-electron chi connectivity index (χ4n) is 1.63. The largest absolute Gasteiger partial charge is 0.466 e. The van der Waals surface area contributed by atoms with Crippen LogP contribution in [0.2, 0.25) is 19.6 Å². The van der Waals surface area contributed by atoms with Gasteiger partial charge in [-0.15, -0.1) is 0 Å². The molecule has 0 radical (unpaired) electrons. The topological polar surface area (TPSA) is 52.6 Å². The molecule has 4 nitrogen and oxygen atoms in total. The van der Waals surface area contributed by atoms with Crippen molar-refractivity contribution < 1.29 is 19.1 Å². The molecule has 0 saturated heterocycles. The summed E-state index contributed by atoms with van der Waals surface area (Å²) in [6.45, 7) is 11.2. The summed E-state index contributed by atoms with van der Waals surface area (Å²) >= 11 is 0. The van der Waals surface area contributed by atoms with E-state index < -0.39 is 8.07 Å². The first-order valence-electron chi connectivity index (χ1n) is 7.34. The van der Waals surface area contributed by atoms with Gasteiger partial charge in [-0.25, -0.2) is 4.79 Å². The highest BCUT2D eigenvalue weighted by Crippen LogP contribution is 2.20. The number of carbonyl (C=O) groups is 2. The van der Waals surface area contributed by atoms with Crippen molar-refractivity contribution in [2.24, 2.45) is 0 Å². The second-order valence-electron chi connectivity index (χ2n) is 5.75. The van der Waals surface area contributed by atoms with Crippen LogP contribution < -0.4 is 0 Å². The summed E-state index contributed by atoms with van der Waals surface area (Å²) in [5.41, 5.74) is 0. The number of carbonyl (C=O) groups excluding carboxylic acids is 2. The van der Waals surface area contributed by atoms with E-state index in [1.54, 1.807) is 13.0 Å². The second-order valence-corrected chi connectivity index (χ2v) is 10.9. The predicted octanol–water partition coefficient (Wildman–Crippen LogP) is 3.48. The maximum absolute atomic E-state index is 11.6. The molecule has 0 aliphatic heterocycles. The lowest BCUT2D eigenvalue weighted by atomic mass is 10.3. The van der Waals surface area contributed by atoms with Gasteiger partial charge in [0.1, 0.15) is 0 Å². The molecule has 0 saturated carbocycles. The number of unbranched alkanes of at least 4 members (excludes halogenated alkanes) is 1. The van der Waals surface area contributed by atoms with Crippen molar-refractivity contribution in [3.05, 3.63) is 11.3 Å². The first-order valence-corrected chi connectivity index (χ1v) is 10.8. The van der Waals surface area contributed by atoms with E-state index in [1.165, 1.54) is 0 Å². The molecule has 0 fully saturated rings. The van der Waals surface area contributed by atoms with Gasteiger partial charge in [-0.2, -0.15) is 0 Å². The van der Waals surface area contributed by atoms with E-state index >= 15 is 0 Å². The minimum absolute atomic E-state index is 0.188. The van der Waals surface area contributed by atoms with Crippen molar-refractivity contribution in [3.8, 4) is 0 Å². The van der Waals surface area contributed by atoms with Crippen LogP contribution in [0, 0.1) is 0 Å². The molecule has 0 aliphatic rings. The van der Waals surface area contributed by atoms with Crippen molar-refractivity contribution >= 4 is 20.0 Å². The van der Waals surface area contributed by atoms with Gasteiger partial charge in [0.15, 0.2) is 0 Å². The monoisotopic (exact) mass is 300 g/mol. The Morgan fingerprint density at radius 2 is 1.70 bits per heavy atom. The molecule has 0 spiro atoms. The molecular weight excluding hydrogens is 272 g/mol. The van der Waals surface area contributed by atoms with Crippen molar-refractivity contribution in [2.75, 3.05) is 13.2 Å². The zero-order valence-electron chi connectivity index (χ0n) is 13.5. The number of ether oxygens (including phenoxy) is 2. The van der Waals surface area contributed by atoms with Crippen molar-refractivity contribution in [1.29, 1.82) is 0 Å². The van der Waals surface area contributed by atoms with Gasteiger partial charge < -0.3 is 9.47 Å². The van der Waals surface area contributed by atoms with Crippen LogP contribution in [0.5, 0.6) is 0 Å². The molecule has 0 N–H and O–H groups in total. The van der Waals surface area contributed by atoms with Crippen LogP contribution in [0.25, 0.3) is 0 Å². The number of allylic oxidation sites excluding steroid dienone is 1. The van der Waals surface area contributed by atoms with Gasteiger partial charge in [0, 0.05) is 12.5 Å². The number of hydrogen-bond donors (Lipinski definition) is 0. The van der Waals surface area contributed by atoms with Gasteiger partial charge in [0.25, 0.3) is 0 Å². The molecule has 0 rings (SSSR count). The fraction of sp³-hybridized carbons (Fsp3) is 0.733. The smallest absolute Gasteiger partial charge is 0.330 e. The zero-order chi connectivity index (χ0) is 15.6. The molecule has 5 heteroatoms. The van der Waals surface area contributed by atoms with Crippen LogP contribution in [0.4, 0.5) is 0 Å². The Kier molecular flexibility index (Phi) is 9.21. The standard InChI is InChI=1S/C15H28O4Si/c1-6-8-11-19-14(16)10-9-13(20(3,4)5)12-15(17)18-7-2/h12H,6-11H2,1-5H3/b13-12-. The Morgan fingerprint density at radius 3 is 2.20 bits per heavy atom. The first-order chi connectivity index (χ1) is 9.31. The Balaban J connectivity index is 4.46. The zero-order valence-corrected chi connectivity index (χ0v) is 14.5. The lowest BCUT2D eigenvalue weighted by Gasteiger charge is -2.20. The highest BCUT2D eigenvalue weighted by molar-refractivity contribution is 6.83. The van der Waals surface area contributed by atoms with Crippen molar-refractivity contribution in [1.82, 2.24) is 0 Å². The molecule has 20 heavy (non-hydrogen) atoms. The fourth-order valence-corrected chi connectivity index (χ4v) is 3.05. The molecular formula is C15H28O4Si. The third-order valence-electron chi connectivity index (χ3n) is 2.90. The van der Waals surface area contributed by atoms with E-state index in [2.05, 4.69) is 26.6 Å². The average molecular weight is 300 g/mol. The maximum Gasteiger partial charge on any atom is 0.330 e. The quantitative estimate of drug-likeness (QED) is 0.283. The third kappa shape index (κ3) is 8.91. The highest BCUT2D eigenvalue weighted by Gasteiger charge is 2.21. The van der Waals surface area contributed by atoms with Crippen LogP contribution in [0.3, 0.4) is 0 Å². The lowest BCUT2D eigenvalue weighted by molar-refractivity contribution is -0.143. The minimum atomic E-state index is -1.63. The van der Waals surface area contributed by atoms with Crippen molar-refractivity contribution in [3.63, 3.8) is 0 Å². The minimum Gasteiger partial charge on any atom is -0.466 e. The highest BCUT2D eigenvalue weighted by atomic mass is 28.3. The third-order valence-corrected chi connectivity index (χ3v) is 5.22. The van der Waals surface area contributed by atoms with E-state index in [-0.39, 0.29) is 11.9 Å². The van der Waals surface area contributed by atoms with Crippen LogP contribution in [0.1, 0.15) is 39.5 Å². The van der Waals surface area contributed by atoms with Crippen LogP contribution in [0.15, 0.2) is 11.3 Å². The lowest BCUT2D eigenvalue weighted by Crippen LogP contribution is -2.26. The maximum atomic E-state index is 11.6. The Bertz CT molecular complexity index is 342. The van der Waals surface area contributed by atoms with Gasteiger partial charge in [-0.05, 0) is 19.8 Å². The summed E-state index contributed by atoms with van der Waals surface area (Å²) in [5.74, 6) is -0.504. The van der Waals surface area contributed by atoms with E-state index in [4.69, 9.17) is 9.47 Å². The number of rotatable bonds is 9. The molecule has 116 valence electrons. The Hall–Kier alpha value is -1.10. The molecule has 0 amide bonds. The second kappa shape index (κ2) is 9.75. The number of hydrogen-bond acceptors (Lipinski definition) is 4. The molecule has 0 aromatic carbocycles. The van der Waals surface area contributed by atoms with E-state index in [0.717, 1.165) is 18.0 Å². The van der Waals surface area contributed by atoms with Crippen LogP contribution >= 0.6 is 0 Å². The van der Waals surface area contributed by atoms with Gasteiger partial charge >= 0.3 is 11.9 Å². The summed E-state index contributed by atoms with van der Waals surface area (Å²) in [6.07, 6.45) is 4.38. The van der Waals surface area contributed by atoms with Gasteiger partial charge in [-0.1, -0.05) is 38.2 Å². The predicted molar refractivity (Wildman–Crippen MR) is 83.2 cm³/mol. The van der Waals surface area contributed by atoms with Crippen molar-refractivity contribution in [2.45, 2.75) is 59.2 Å². The van der Waals surface area contributed by atoms with Gasteiger partial charge in [0.2, 0.25) is 0 Å². The summed E-state index contributed by atoms with van der Waals surface area (Å²) in [7, 11) is -1.63. The Labute approximate surface area is 123 Å². The SMILES string of the molecule is CCCCOC(=O)CC/C(=C/C(=O)OCC)[Si](C)(C)C. The first kappa shape index (κ1) is 18.9. The molecule has 0 bridgehead atoms. The summed E-state index contributed by atoms with van der Waals surface area (Å²) in [5, 5.41) is 1.04. The molecule has 0 atom stereocenters. The molecule has 0 heterocycles. The van der Waals surface area contributed by atoms with Gasteiger partial charge in [0.05, 0.1) is 21.3 Å². The van der Waals surface area contributed by atoms with Crippen LogP contribution in [-0.2, 0) is 19.1 Å². The molecule has 0 aromatic heterocycles. The average Bonchev–Trinajstić information content (AvgIpc) is 2.33. The summed E-state index contributed by atoms with van der Waals surface area (Å²) in [4.78, 5) is 23.2. The van der Waals surface area contributed by atoms with E-state index in [1.807, 2.05) is 0 Å². The van der Waals surface area contributed by atoms with E-state index in [0.29, 0.717) is 26.1 Å². The summed E-state index contributed by atoms with van der Waals surface area (Å²) in [6, 6.07) is 0.